The molecule has 0 aromatic carbocycles. The van der Waals surface area contributed by atoms with Crippen LogP contribution in [0.25, 0.3) is 16.8 Å². The number of aromatic nitrogens is 4. The molecule has 0 spiro atoms. The number of hydrogen-bond donors (Lipinski definition) is 0. The van der Waals surface area contributed by atoms with Gasteiger partial charge in [0.1, 0.15) is 11.8 Å². The summed E-state index contributed by atoms with van der Waals surface area (Å²) >= 11 is 0. The van der Waals surface area contributed by atoms with E-state index in [4.69, 9.17) is 4.74 Å². The molecule has 1 fully saturated rings. The van der Waals surface area contributed by atoms with Gasteiger partial charge in [0, 0.05) is 56.8 Å². The van der Waals surface area contributed by atoms with Gasteiger partial charge in [0.25, 0.3) is 0 Å². The average Bonchev–Trinajstić information content (AvgIpc) is 3.26. The van der Waals surface area contributed by atoms with E-state index in [0.29, 0.717) is 6.54 Å². The molecule has 4 rings (SSSR count). The van der Waals surface area contributed by atoms with Crippen molar-refractivity contribution in [1.29, 1.82) is 0 Å². The molecule has 0 unspecified atom stereocenters. The average molecular weight is 365 g/mol. The van der Waals surface area contributed by atoms with Crippen LogP contribution in [0.3, 0.4) is 0 Å². The molecule has 0 aliphatic carbocycles. The van der Waals surface area contributed by atoms with Gasteiger partial charge in [-0.25, -0.2) is 4.98 Å². The van der Waals surface area contributed by atoms with Gasteiger partial charge < -0.3 is 9.64 Å². The van der Waals surface area contributed by atoms with Crippen molar-refractivity contribution in [2.24, 2.45) is 7.05 Å². The highest BCUT2D eigenvalue weighted by molar-refractivity contribution is 5.87. The molecule has 0 saturated carbocycles. The fourth-order valence-corrected chi connectivity index (χ4v) is 3.52. The van der Waals surface area contributed by atoms with Crippen LogP contribution in [0.2, 0.25) is 0 Å². The first-order valence-electron chi connectivity index (χ1n) is 9.18. The molecule has 0 radical (unpaired) electrons. The smallest absolute Gasteiger partial charge is 0.245 e. The third-order valence-corrected chi connectivity index (χ3v) is 4.96. The Kier molecular flexibility index (Phi) is 4.66. The van der Waals surface area contributed by atoms with E-state index in [1.165, 1.54) is 6.08 Å². The molecule has 4 heterocycles. The van der Waals surface area contributed by atoms with Crippen LogP contribution in [0.5, 0.6) is 5.88 Å². The van der Waals surface area contributed by atoms with Gasteiger partial charge in [-0.1, -0.05) is 6.58 Å². The molecule has 7 heteroatoms. The van der Waals surface area contributed by atoms with Gasteiger partial charge in [0.15, 0.2) is 5.88 Å². The van der Waals surface area contributed by atoms with E-state index in [9.17, 15) is 4.79 Å². The Morgan fingerprint density at radius 3 is 2.96 bits per heavy atom. The lowest BCUT2D eigenvalue weighted by Crippen LogP contribution is -2.30. The van der Waals surface area contributed by atoms with Crippen molar-refractivity contribution in [2.45, 2.75) is 25.4 Å². The number of carbonyl (C=O) groups is 1. The van der Waals surface area contributed by atoms with Crippen molar-refractivity contribution in [3.8, 4) is 17.0 Å². The van der Waals surface area contributed by atoms with Gasteiger partial charge in [-0.3, -0.25) is 13.9 Å². The molecule has 3 aromatic rings. The lowest BCUT2D eigenvalue weighted by Gasteiger charge is -2.20. The van der Waals surface area contributed by atoms with Crippen molar-refractivity contribution in [3.63, 3.8) is 0 Å². The number of hydrogen-bond acceptors (Lipinski definition) is 4. The second-order valence-corrected chi connectivity index (χ2v) is 6.84. The molecular formula is C20H23N5O2. The lowest BCUT2D eigenvalue weighted by molar-refractivity contribution is -0.126. The van der Waals surface area contributed by atoms with E-state index in [-0.39, 0.29) is 12.0 Å². The number of carbonyl (C=O) groups excluding carboxylic acids is 1. The van der Waals surface area contributed by atoms with E-state index in [1.807, 2.05) is 47.1 Å². The largest absolute Gasteiger partial charge is 0.475 e. The minimum Gasteiger partial charge on any atom is -0.475 e. The molecule has 1 aliphatic rings. The number of rotatable bonds is 4. The molecule has 7 nitrogen and oxygen atoms in total. The van der Waals surface area contributed by atoms with Crippen molar-refractivity contribution in [3.05, 3.63) is 49.6 Å². The summed E-state index contributed by atoms with van der Waals surface area (Å²) < 4.78 is 10.1. The van der Waals surface area contributed by atoms with Gasteiger partial charge >= 0.3 is 0 Å². The molecule has 1 saturated heterocycles. The fourth-order valence-electron chi connectivity index (χ4n) is 3.52. The van der Waals surface area contributed by atoms with Gasteiger partial charge in [-0.2, -0.15) is 5.10 Å². The standard InChI is InChI=1S/C20H23N5O2/c1-3-19(26)24-8-4-5-17(6-9-24)27-20-12-15(16-13-22-23(2)14-16)11-18-21-7-10-25(18)20/h3,7,10-14,17H,1,4-6,8-9H2,2H3/t17-/m1/s1. The normalized spacial score (nSPS) is 17.7. The van der Waals surface area contributed by atoms with Crippen LogP contribution >= 0.6 is 0 Å². The Morgan fingerprint density at radius 2 is 2.19 bits per heavy atom. The Bertz CT molecular complexity index is 974. The third-order valence-electron chi connectivity index (χ3n) is 4.96. The number of nitrogens with zero attached hydrogens (tertiary/aromatic N) is 5. The minimum atomic E-state index is -0.00813. The third kappa shape index (κ3) is 3.58. The molecule has 0 N–H and O–H groups in total. The van der Waals surface area contributed by atoms with Crippen LogP contribution < -0.4 is 4.74 Å². The molecule has 1 aliphatic heterocycles. The van der Waals surface area contributed by atoms with Gasteiger partial charge in [-0.15, -0.1) is 0 Å². The summed E-state index contributed by atoms with van der Waals surface area (Å²) in [7, 11) is 1.90. The van der Waals surface area contributed by atoms with Crippen LogP contribution in [-0.4, -0.2) is 49.2 Å². The topological polar surface area (TPSA) is 64.7 Å². The maximum Gasteiger partial charge on any atom is 0.245 e. The van der Waals surface area contributed by atoms with E-state index in [2.05, 4.69) is 16.7 Å². The van der Waals surface area contributed by atoms with Crippen molar-refractivity contribution in [1.82, 2.24) is 24.1 Å². The molecule has 140 valence electrons. The number of amides is 1. The zero-order valence-electron chi connectivity index (χ0n) is 15.4. The van der Waals surface area contributed by atoms with Crippen LogP contribution in [0.4, 0.5) is 0 Å². The van der Waals surface area contributed by atoms with Crippen molar-refractivity contribution < 1.29 is 9.53 Å². The number of pyridine rings is 1. The second kappa shape index (κ2) is 7.26. The monoisotopic (exact) mass is 365 g/mol. The Labute approximate surface area is 157 Å². The van der Waals surface area contributed by atoms with E-state index < -0.39 is 0 Å². The maximum atomic E-state index is 11.9. The molecule has 1 amide bonds. The van der Waals surface area contributed by atoms with Crippen LogP contribution in [0.15, 0.2) is 49.6 Å². The summed E-state index contributed by atoms with van der Waals surface area (Å²) in [5, 5.41) is 4.25. The SMILES string of the molecule is C=CC(=O)N1CCC[C@@H](Oc2cc(-c3cnn(C)c3)cc3nccn23)CC1. The first kappa shape index (κ1) is 17.3. The molecule has 27 heavy (non-hydrogen) atoms. The number of imidazole rings is 1. The summed E-state index contributed by atoms with van der Waals surface area (Å²) in [5.41, 5.74) is 2.88. The molecule has 3 aromatic heterocycles. The van der Waals surface area contributed by atoms with Crippen LogP contribution in [0, 0.1) is 0 Å². The van der Waals surface area contributed by atoms with E-state index in [0.717, 1.165) is 48.5 Å². The van der Waals surface area contributed by atoms with Gasteiger partial charge in [0.2, 0.25) is 5.91 Å². The highest BCUT2D eigenvalue weighted by Gasteiger charge is 2.21. The van der Waals surface area contributed by atoms with Gasteiger partial charge in [-0.05, 0) is 30.5 Å². The lowest BCUT2D eigenvalue weighted by atomic mass is 10.1. The van der Waals surface area contributed by atoms with Crippen molar-refractivity contribution in [2.75, 3.05) is 13.1 Å². The quantitative estimate of drug-likeness (QED) is 0.667. The number of likely N-dealkylation sites (tertiary alicyclic amines) is 1. The summed E-state index contributed by atoms with van der Waals surface area (Å²) in [6.45, 7) is 5.02. The minimum absolute atomic E-state index is 0.00813. The summed E-state index contributed by atoms with van der Waals surface area (Å²) in [6.07, 6.45) is 11.6. The molecule has 1 atom stereocenters. The number of fused-ring (bicyclic) bond motifs is 1. The van der Waals surface area contributed by atoms with Gasteiger partial charge in [0.05, 0.1) is 6.20 Å². The fraction of sp³-hybridized carbons (Fsp3) is 0.350. The predicted octanol–water partition coefficient (Wildman–Crippen LogP) is 2.68. The molecular weight excluding hydrogens is 342 g/mol. The van der Waals surface area contributed by atoms with E-state index in [1.54, 1.807) is 10.9 Å². The summed E-state index contributed by atoms with van der Waals surface area (Å²) in [5.74, 6) is 0.753. The summed E-state index contributed by atoms with van der Waals surface area (Å²) in [4.78, 5) is 18.1. The van der Waals surface area contributed by atoms with Crippen LogP contribution in [0.1, 0.15) is 19.3 Å². The Morgan fingerprint density at radius 1 is 1.30 bits per heavy atom. The Balaban J connectivity index is 1.59. The zero-order valence-corrected chi connectivity index (χ0v) is 15.4. The number of ether oxygens (including phenoxy) is 1. The van der Waals surface area contributed by atoms with Crippen molar-refractivity contribution >= 4 is 11.6 Å². The maximum absolute atomic E-state index is 11.9. The number of aryl methyl sites for hydroxylation is 1. The summed E-state index contributed by atoms with van der Waals surface area (Å²) in [6, 6.07) is 4.06. The first-order chi connectivity index (χ1) is 13.1. The molecule has 0 bridgehead atoms. The predicted molar refractivity (Wildman–Crippen MR) is 102 cm³/mol. The highest BCUT2D eigenvalue weighted by Crippen LogP contribution is 2.28. The highest BCUT2D eigenvalue weighted by atomic mass is 16.5. The van der Waals surface area contributed by atoms with Crippen LogP contribution in [-0.2, 0) is 11.8 Å². The zero-order chi connectivity index (χ0) is 18.8. The Hall–Kier alpha value is -3.09. The van der Waals surface area contributed by atoms with E-state index >= 15 is 0 Å². The first-order valence-corrected chi connectivity index (χ1v) is 9.18. The second-order valence-electron chi connectivity index (χ2n) is 6.84.